The third kappa shape index (κ3) is 1.03. The van der Waals surface area contributed by atoms with Crippen molar-refractivity contribution in [1.82, 2.24) is 0 Å². The van der Waals surface area contributed by atoms with Crippen LogP contribution in [0.1, 0.15) is 6.42 Å². The lowest BCUT2D eigenvalue weighted by Crippen LogP contribution is -1.95. The number of hydrogen-bond donors (Lipinski definition) is 0. The standard InChI is InChI=1S/C6H5FO/c7-5-2-1-3-6(8)4-5/h1-3H,4H2. The molecule has 8 heavy (non-hydrogen) atoms. The Morgan fingerprint density at radius 2 is 2.38 bits per heavy atom. The average molecular weight is 112 g/mol. The molecule has 2 heteroatoms. The molecule has 1 aliphatic carbocycles. The van der Waals surface area contributed by atoms with E-state index in [-0.39, 0.29) is 18.0 Å². The topological polar surface area (TPSA) is 17.1 Å². The highest BCUT2D eigenvalue weighted by atomic mass is 19.1. The molecule has 1 nitrogen and oxygen atoms in total. The number of hydrogen-bond acceptors (Lipinski definition) is 1. The lowest BCUT2D eigenvalue weighted by atomic mass is 10.2. The highest BCUT2D eigenvalue weighted by Gasteiger charge is 2.03. The summed E-state index contributed by atoms with van der Waals surface area (Å²) in [7, 11) is 0. The summed E-state index contributed by atoms with van der Waals surface area (Å²) >= 11 is 0. The van der Waals surface area contributed by atoms with Gasteiger partial charge in [0.1, 0.15) is 5.83 Å². The molecule has 0 heterocycles. The molecule has 0 aliphatic heterocycles. The van der Waals surface area contributed by atoms with Gasteiger partial charge >= 0.3 is 0 Å². The van der Waals surface area contributed by atoms with Gasteiger partial charge in [-0.3, -0.25) is 4.79 Å². The monoisotopic (exact) mass is 112 g/mol. The van der Waals surface area contributed by atoms with E-state index in [4.69, 9.17) is 0 Å². The molecule has 1 rings (SSSR count). The Kier molecular flexibility index (Phi) is 1.24. The van der Waals surface area contributed by atoms with E-state index in [1.807, 2.05) is 0 Å². The van der Waals surface area contributed by atoms with Gasteiger partial charge in [-0.1, -0.05) is 6.08 Å². The summed E-state index contributed by atoms with van der Waals surface area (Å²) in [4.78, 5) is 10.3. The molecule has 0 amide bonds. The first-order valence-corrected chi connectivity index (χ1v) is 2.34. The van der Waals surface area contributed by atoms with Crippen molar-refractivity contribution in [1.29, 1.82) is 0 Å². The molecule has 42 valence electrons. The maximum absolute atomic E-state index is 12.0. The van der Waals surface area contributed by atoms with Gasteiger partial charge in [-0.25, -0.2) is 4.39 Å². The number of carbonyl (C=O) groups is 1. The van der Waals surface area contributed by atoms with E-state index in [0.29, 0.717) is 0 Å². The van der Waals surface area contributed by atoms with Gasteiger partial charge in [0, 0.05) is 0 Å². The summed E-state index contributed by atoms with van der Waals surface area (Å²) in [5, 5.41) is 0. The third-order valence-corrected chi connectivity index (χ3v) is 0.902. The Morgan fingerprint density at radius 1 is 1.62 bits per heavy atom. The van der Waals surface area contributed by atoms with Crippen LogP contribution in [0.15, 0.2) is 24.1 Å². The molecule has 0 unspecified atom stereocenters. The first-order chi connectivity index (χ1) is 3.79. The van der Waals surface area contributed by atoms with E-state index < -0.39 is 0 Å². The average Bonchev–Trinajstić information content (AvgIpc) is 1.64. The molecular weight excluding hydrogens is 107 g/mol. The molecule has 0 atom stereocenters. The van der Waals surface area contributed by atoms with Crippen LogP contribution >= 0.6 is 0 Å². The molecule has 0 bridgehead atoms. The summed E-state index contributed by atoms with van der Waals surface area (Å²) in [5.74, 6) is -0.512. The second-order valence-corrected chi connectivity index (χ2v) is 1.62. The highest BCUT2D eigenvalue weighted by molar-refractivity contribution is 5.92. The molecular formula is C6H5FO. The number of ketones is 1. The molecule has 0 aromatic carbocycles. The van der Waals surface area contributed by atoms with Crippen molar-refractivity contribution in [3.63, 3.8) is 0 Å². The van der Waals surface area contributed by atoms with E-state index in [1.54, 1.807) is 0 Å². The minimum absolute atomic E-state index is 0.0590. The van der Waals surface area contributed by atoms with Gasteiger partial charge in [-0.15, -0.1) is 0 Å². The summed E-state index contributed by atoms with van der Waals surface area (Å²) < 4.78 is 12.0. The number of carbonyl (C=O) groups excluding carboxylic acids is 1. The van der Waals surface area contributed by atoms with Crippen LogP contribution in [0, 0.1) is 0 Å². The maximum Gasteiger partial charge on any atom is 0.162 e. The minimum atomic E-state index is -0.350. The van der Waals surface area contributed by atoms with Crippen LogP contribution in [0.4, 0.5) is 4.39 Å². The van der Waals surface area contributed by atoms with Crippen molar-refractivity contribution in [3.8, 4) is 0 Å². The summed E-state index contributed by atoms with van der Waals surface area (Å²) in [5.41, 5.74) is 0. The van der Waals surface area contributed by atoms with Gasteiger partial charge in [-0.2, -0.15) is 0 Å². The Bertz CT molecular complexity index is 167. The first kappa shape index (κ1) is 5.22. The van der Waals surface area contributed by atoms with Crippen LogP contribution in [0.25, 0.3) is 0 Å². The summed E-state index contributed by atoms with van der Waals surface area (Å²) in [6.07, 6.45) is 4.02. The fourth-order valence-corrected chi connectivity index (χ4v) is 0.544. The van der Waals surface area contributed by atoms with Crippen LogP contribution in [0.2, 0.25) is 0 Å². The van der Waals surface area contributed by atoms with Gasteiger partial charge in [0.25, 0.3) is 0 Å². The van der Waals surface area contributed by atoms with E-state index in [9.17, 15) is 9.18 Å². The molecule has 0 spiro atoms. The van der Waals surface area contributed by atoms with E-state index in [1.165, 1.54) is 18.2 Å². The van der Waals surface area contributed by atoms with Gasteiger partial charge in [-0.05, 0) is 12.2 Å². The third-order valence-electron chi connectivity index (χ3n) is 0.902. The Balaban J connectivity index is 2.73. The molecule has 0 fully saturated rings. The van der Waals surface area contributed by atoms with Crippen LogP contribution < -0.4 is 0 Å². The zero-order valence-corrected chi connectivity index (χ0v) is 4.23. The van der Waals surface area contributed by atoms with Gasteiger partial charge in [0.05, 0.1) is 6.42 Å². The first-order valence-electron chi connectivity index (χ1n) is 2.34. The van der Waals surface area contributed by atoms with E-state index in [2.05, 4.69) is 0 Å². The molecule has 0 radical (unpaired) electrons. The van der Waals surface area contributed by atoms with E-state index in [0.717, 1.165) is 0 Å². The number of halogens is 1. The smallest absolute Gasteiger partial charge is 0.162 e. The normalized spacial score (nSPS) is 18.6. The fourth-order valence-electron chi connectivity index (χ4n) is 0.544. The lowest BCUT2D eigenvalue weighted by Gasteiger charge is -1.94. The maximum atomic E-state index is 12.0. The largest absolute Gasteiger partial charge is 0.294 e. The highest BCUT2D eigenvalue weighted by Crippen LogP contribution is 2.08. The Labute approximate surface area is 46.5 Å². The van der Waals surface area contributed by atoms with Crippen molar-refractivity contribution in [3.05, 3.63) is 24.1 Å². The van der Waals surface area contributed by atoms with Gasteiger partial charge < -0.3 is 0 Å². The van der Waals surface area contributed by atoms with Crippen molar-refractivity contribution in [2.45, 2.75) is 6.42 Å². The second-order valence-electron chi connectivity index (χ2n) is 1.62. The molecule has 0 N–H and O–H groups in total. The molecule has 0 aromatic heterocycles. The zero-order valence-electron chi connectivity index (χ0n) is 4.23. The van der Waals surface area contributed by atoms with Crippen LogP contribution in [-0.2, 0) is 4.79 Å². The van der Waals surface area contributed by atoms with E-state index >= 15 is 0 Å². The number of rotatable bonds is 0. The van der Waals surface area contributed by atoms with Crippen molar-refractivity contribution in [2.24, 2.45) is 0 Å². The Hall–Kier alpha value is -0.920. The Morgan fingerprint density at radius 3 is 2.75 bits per heavy atom. The van der Waals surface area contributed by atoms with Crippen LogP contribution in [-0.4, -0.2) is 5.78 Å². The predicted octanol–water partition coefficient (Wildman–Crippen LogP) is 1.37. The minimum Gasteiger partial charge on any atom is -0.294 e. The van der Waals surface area contributed by atoms with Gasteiger partial charge in [0.15, 0.2) is 5.78 Å². The van der Waals surface area contributed by atoms with Crippen LogP contribution in [0.5, 0.6) is 0 Å². The quantitative estimate of drug-likeness (QED) is 0.462. The van der Waals surface area contributed by atoms with Crippen molar-refractivity contribution in [2.75, 3.05) is 0 Å². The van der Waals surface area contributed by atoms with Gasteiger partial charge in [0.2, 0.25) is 0 Å². The van der Waals surface area contributed by atoms with Crippen molar-refractivity contribution < 1.29 is 9.18 Å². The summed E-state index contributed by atoms with van der Waals surface area (Å²) in [6.45, 7) is 0. The zero-order chi connectivity index (χ0) is 5.98. The number of allylic oxidation sites excluding steroid dienone is 4. The molecule has 0 saturated heterocycles. The lowest BCUT2D eigenvalue weighted by molar-refractivity contribution is -0.114. The molecule has 1 aliphatic rings. The van der Waals surface area contributed by atoms with Crippen LogP contribution in [0.3, 0.4) is 0 Å². The SMILES string of the molecule is O=C1C=CC=C(F)C1. The summed E-state index contributed by atoms with van der Waals surface area (Å²) in [6, 6.07) is 0. The molecule has 0 aromatic rings. The fraction of sp³-hybridized carbons (Fsp3) is 0.167. The molecule has 0 saturated carbocycles. The van der Waals surface area contributed by atoms with Crippen molar-refractivity contribution >= 4 is 5.78 Å². The second kappa shape index (κ2) is 1.90. The predicted molar refractivity (Wildman–Crippen MR) is 28.0 cm³/mol.